The van der Waals surface area contributed by atoms with E-state index in [4.69, 9.17) is 0 Å². The Labute approximate surface area is 174 Å². The summed E-state index contributed by atoms with van der Waals surface area (Å²) in [6.45, 7) is 4.85. The number of benzene rings is 1. The largest absolute Gasteiger partial charge is 0.333 e. The number of nitrogens with zero attached hydrogens (tertiary/aromatic N) is 4. The molecule has 0 saturated carbocycles. The van der Waals surface area contributed by atoms with Gasteiger partial charge in [0.05, 0.1) is 12.2 Å². The van der Waals surface area contributed by atoms with E-state index in [1.807, 2.05) is 20.9 Å². The van der Waals surface area contributed by atoms with E-state index in [0.29, 0.717) is 18.5 Å². The van der Waals surface area contributed by atoms with Gasteiger partial charge in [-0.25, -0.2) is 4.39 Å². The predicted molar refractivity (Wildman–Crippen MR) is 113 cm³/mol. The van der Waals surface area contributed by atoms with Crippen LogP contribution in [0.2, 0.25) is 0 Å². The third-order valence-corrected chi connectivity index (χ3v) is 5.95. The highest BCUT2D eigenvalue weighted by atomic mass is 19.1. The second-order valence-electron chi connectivity index (χ2n) is 7.89. The average Bonchev–Trinajstić information content (AvgIpc) is 3.36. The standard InChI is InChI=1S/C23H27FN4O2/c1-4-12-27(22(29)15-8-6-9-16(24)13-15)14-19-17(5-2)21-26(3)20-11-7-10-18(20)23(30)28(21)25-19/h6,8-9,13H,4-5,7,10-12,14H2,1-3H3. The number of carbonyl (C=O) groups excluding carboxylic acids is 1. The molecule has 0 N–H and O–H groups in total. The minimum Gasteiger partial charge on any atom is -0.333 e. The molecule has 7 heteroatoms. The molecule has 2 aromatic heterocycles. The fraction of sp³-hybridized carbons (Fsp3) is 0.435. The van der Waals surface area contributed by atoms with E-state index in [-0.39, 0.29) is 18.0 Å². The first kappa shape index (κ1) is 20.3. The van der Waals surface area contributed by atoms with Crippen molar-refractivity contribution < 1.29 is 9.18 Å². The van der Waals surface area contributed by atoms with Crippen LogP contribution in [0.15, 0.2) is 29.1 Å². The Hall–Kier alpha value is -2.96. The highest BCUT2D eigenvalue weighted by Gasteiger charge is 2.26. The zero-order valence-electron chi connectivity index (χ0n) is 17.7. The fourth-order valence-electron chi connectivity index (χ4n) is 4.55. The summed E-state index contributed by atoms with van der Waals surface area (Å²) in [5, 5.41) is 4.65. The number of aryl methyl sites for hydroxylation is 2. The van der Waals surface area contributed by atoms with Crippen LogP contribution in [0.3, 0.4) is 0 Å². The molecule has 1 amide bonds. The lowest BCUT2D eigenvalue weighted by Crippen LogP contribution is -2.32. The van der Waals surface area contributed by atoms with Crippen molar-refractivity contribution in [1.82, 2.24) is 19.1 Å². The van der Waals surface area contributed by atoms with E-state index in [9.17, 15) is 14.0 Å². The van der Waals surface area contributed by atoms with Gasteiger partial charge in [-0.1, -0.05) is 19.9 Å². The zero-order chi connectivity index (χ0) is 21.4. The molecule has 0 fully saturated rings. The molecule has 0 atom stereocenters. The first-order valence-corrected chi connectivity index (χ1v) is 10.6. The van der Waals surface area contributed by atoms with Gasteiger partial charge in [-0.3, -0.25) is 9.59 Å². The van der Waals surface area contributed by atoms with Gasteiger partial charge in [0.25, 0.3) is 11.5 Å². The van der Waals surface area contributed by atoms with Crippen molar-refractivity contribution in [3.05, 3.63) is 68.5 Å². The van der Waals surface area contributed by atoms with Gasteiger partial charge in [0, 0.05) is 36.0 Å². The molecule has 6 nitrogen and oxygen atoms in total. The van der Waals surface area contributed by atoms with E-state index >= 15 is 0 Å². The summed E-state index contributed by atoms with van der Waals surface area (Å²) in [5.41, 5.74) is 4.74. The van der Waals surface area contributed by atoms with Crippen LogP contribution in [0.4, 0.5) is 4.39 Å². The monoisotopic (exact) mass is 410 g/mol. The van der Waals surface area contributed by atoms with E-state index in [2.05, 4.69) is 9.67 Å². The van der Waals surface area contributed by atoms with Gasteiger partial charge in [0.2, 0.25) is 0 Å². The van der Waals surface area contributed by atoms with Gasteiger partial charge in [-0.05, 0) is 50.3 Å². The molecule has 0 unspecified atom stereocenters. The topological polar surface area (TPSA) is 59.6 Å². The zero-order valence-corrected chi connectivity index (χ0v) is 17.7. The molecule has 0 saturated heterocycles. The maximum absolute atomic E-state index is 13.6. The van der Waals surface area contributed by atoms with Crippen molar-refractivity contribution in [2.45, 2.75) is 52.5 Å². The Kier molecular flexibility index (Phi) is 5.45. The van der Waals surface area contributed by atoms with Crippen molar-refractivity contribution in [2.75, 3.05) is 6.54 Å². The lowest BCUT2D eigenvalue weighted by atomic mass is 10.1. The van der Waals surface area contributed by atoms with Crippen molar-refractivity contribution in [3.63, 3.8) is 0 Å². The van der Waals surface area contributed by atoms with E-state index in [1.54, 1.807) is 17.0 Å². The van der Waals surface area contributed by atoms with Crippen LogP contribution in [-0.2, 0) is 32.9 Å². The maximum atomic E-state index is 13.6. The summed E-state index contributed by atoms with van der Waals surface area (Å²) in [4.78, 5) is 27.8. The number of amides is 1. The van der Waals surface area contributed by atoms with Gasteiger partial charge in [0.1, 0.15) is 11.5 Å². The fourth-order valence-corrected chi connectivity index (χ4v) is 4.55. The van der Waals surface area contributed by atoms with E-state index < -0.39 is 5.82 Å². The molecular formula is C23H27FN4O2. The number of carbonyl (C=O) groups is 1. The molecular weight excluding hydrogens is 383 g/mol. The van der Waals surface area contributed by atoms with Crippen LogP contribution in [0.5, 0.6) is 0 Å². The molecule has 0 bridgehead atoms. The van der Waals surface area contributed by atoms with Crippen molar-refractivity contribution in [3.8, 4) is 0 Å². The summed E-state index contributed by atoms with van der Waals surface area (Å²) >= 11 is 0. The SMILES string of the molecule is CCCN(Cc1nn2c(=O)c3c(n(C)c2c1CC)CCC3)C(=O)c1cccc(F)c1. The lowest BCUT2D eigenvalue weighted by Gasteiger charge is -2.22. The molecule has 0 radical (unpaired) electrons. The highest BCUT2D eigenvalue weighted by Crippen LogP contribution is 2.24. The van der Waals surface area contributed by atoms with Crippen molar-refractivity contribution in [1.29, 1.82) is 0 Å². The smallest absolute Gasteiger partial charge is 0.277 e. The van der Waals surface area contributed by atoms with Crippen LogP contribution in [0.25, 0.3) is 5.65 Å². The summed E-state index contributed by atoms with van der Waals surface area (Å²) in [7, 11) is 1.99. The Morgan fingerprint density at radius 1 is 1.27 bits per heavy atom. The summed E-state index contributed by atoms with van der Waals surface area (Å²) in [5.74, 6) is -0.665. The third kappa shape index (κ3) is 3.32. The summed E-state index contributed by atoms with van der Waals surface area (Å²) in [6.07, 6.45) is 4.16. The molecule has 0 spiro atoms. The Morgan fingerprint density at radius 3 is 2.77 bits per heavy atom. The third-order valence-electron chi connectivity index (χ3n) is 5.95. The molecule has 1 aliphatic rings. The Bertz CT molecular complexity index is 1180. The number of hydrogen-bond acceptors (Lipinski definition) is 3. The molecule has 3 aromatic rings. The molecule has 30 heavy (non-hydrogen) atoms. The second-order valence-corrected chi connectivity index (χ2v) is 7.89. The minimum atomic E-state index is -0.434. The number of fused-ring (bicyclic) bond motifs is 2. The maximum Gasteiger partial charge on any atom is 0.277 e. The molecule has 0 aliphatic heterocycles. The van der Waals surface area contributed by atoms with Crippen LogP contribution in [-0.4, -0.2) is 31.5 Å². The van der Waals surface area contributed by atoms with E-state index in [1.165, 1.54) is 16.6 Å². The molecule has 4 rings (SSSR count). The van der Waals surface area contributed by atoms with Crippen LogP contribution < -0.4 is 5.56 Å². The van der Waals surface area contributed by atoms with Crippen molar-refractivity contribution >= 4 is 11.6 Å². The first-order valence-electron chi connectivity index (χ1n) is 10.6. The Balaban J connectivity index is 1.78. The first-order chi connectivity index (χ1) is 14.5. The van der Waals surface area contributed by atoms with Gasteiger partial charge in [0.15, 0.2) is 0 Å². The number of rotatable bonds is 6. The predicted octanol–water partition coefficient (Wildman–Crippen LogP) is 3.28. The number of halogens is 1. The quantitative estimate of drug-likeness (QED) is 0.627. The molecule has 2 heterocycles. The minimum absolute atomic E-state index is 0.0463. The molecule has 1 aliphatic carbocycles. The summed E-state index contributed by atoms with van der Waals surface area (Å²) in [6, 6.07) is 5.75. The average molecular weight is 410 g/mol. The van der Waals surface area contributed by atoms with Crippen LogP contribution in [0.1, 0.15) is 59.6 Å². The molecule has 158 valence electrons. The van der Waals surface area contributed by atoms with Crippen molar-refractivity contribution in [2.24, 2.45) is 7.05 Å². The van der Waals surface area contributed by atoms with Gasteiger partial charge < -0.3 is 9.47 Å². The Morgan fingerprint density at radius 2 is 2.07 bits per heavy atom. The normalized spacial score (nSPS) is 13.1. The van der Waals surface area contributed by atoms with E-state index in [0.717, 1.165) is 53.8 Å². The lowest BCUT2D eigenvalue weighted by molar-refractivity contribution is 0.0740. The van der Waals surface area contributed by atoms with Crippen LogP contribution in [0, 0.1) is 5.82 Å². The second kappa shape index (κ2) is 8.05. The van der Waals surface area contributed by atoms with Gasteiger partial charge in [-0.15, -0.1) is 0 Å². The van der Waals surface area contributed by atoms with Gasteiger partial charge in [-0.2, -0.15) is 9.61 Å². The molecule has 1 aromatic carbocycles. The van der Waals surface area contributed by atoms with Crippen LogP contribution >= 0.6 is 0 Å². The highest BCUT2D eigenvalue weighted by molar-refractivity contribution is 5.94. The number of hydrogen-bond donors (Lipinski definition) is 0. The van der Waals surface area contributed by atoms with Gasteiger partial charge >= 0.3 is 0 Å². The number of aromatic nitrogens is 3. The summed E-state index contributed by atoms with van der Waals surface area (Å²) < 4.78 is 17.2.